The minimum absolute atomic E-state index is 0.00350. The van der Waals surface area contributed by atoms with Crippen LogP contribution in [0.5, 0.6) is 0 Å². The molecule has 1 heterocycles. The predicted octanol–water partition coefficient (Wildman–Crippen LogP) is 2.54. The van der Waals surface area contributed by atoms with Crippen molar-refractivity contribution >= 4 is 23.3 Å². The number of hydrogen-bond acceptors (Lipinski definition) is 5. The molecule has 2 rings (SSSR count). The van der Waals surface area contributed by atoms with Crippen molar-refractivity contribution in [3.63, 3.8) is 0 Å². The predicted molar refractivity (Wildman–Crippen MR) is 65.5 cm³/mol. The molecule has 0 aliphatic rings. The van der Waals surface area contributed by atoms with Crippen molar-refractivity contribution in [2.24, 2.45) is 0 Å². The number of nitrogens with zero attached hydrogens (tertiary/aromatic N) is 2. The summed E-state index contributed by atoms with van der Waals surface area (Å²) in [5.74, 6) is -1.33. The first-order valence-corrected chi connectivity index (χ1v) is 5.29. The highest BCUT2D eigenvalue weighted by Crippen LogP contribution is 2.33. The lowest BCUT2D eigenvalue weighted by molar-refractivity contribution is -0.139. The van der Waals surface area contributed by atoms with Gasteiger partial charge in [-0.2, -0.15) is 23.1 Å². The van der Waals surface area contributed by atoms with Crippen LogP contribution in [0.25, 0.3) is 0 Å². The Morgan fingerprint density at radius 3 is 2.35 bits per heavy atom. The van der Waals surface area contributed by atoms with Crippen molar-refractivity contribution in [3.05, 3.63) is 35.6 Å². The fourth-order valence-corrected chi connectivity index (χ4v) is 1.52. The van der Waals surface area contributed by atoms with Crippen LogP contribution < -0.4 is 16.8 Å². The summed E-state index contributed by atoms with van der Waals surface area (Å²) in [5.41, 5.74) is 9.40. The Morgan fingerprint density at radius 1 is 1.05 bits per heavy atom. The number of nitrogens with two attached hydrogens (primary N) is 2. The molecule has 0 atom stereocenters. The molecule has 5 N–H and O–H groups in total. The fourth-order valence-electron chi connectivity index (χ4n) is 1.52. The Morgan fingerprint density at radius 2 is 1.75 bits per heavy atom. The van der Waals surface area contributed by atoms with Crippen molar-refractivity contribution in [2.45, 2.75) is 6.18 Å². The van der Waals surface area contributed by atoms with E-state index in [1.54, 1.807) is 0 Å². The number of anilines is 4. The molecule has 0 fully saturated rings. The molecule has 0 saturated carbocycles. The van der Waals surface area contributed by atoms with Crippen LogP contribution in [0.3, 0.4) is 0 Å². The number of nitrogens with one attached hydrogen (secondary N) is 1. The molecule has 0 aliphatic heterocycles. The van der Waals surface area contributed by atoms with Gasteiger partial charge < -0.3 is 16.8 Å². The number of nitrogen functional groups attached to an aromatic ring is 2. The average Bonchev–Trinajstić information content (AvgIpc) is 2.29. The van der Waals surface area contributed by atoms with Gasteiger partial charge >= 0.3 is 6.18 Å². The van der Waals surface area contributed by atoms with E-state index in [4.69, 9.17) is 11.5 Å². The standard InChI is InChI=1S/C11H9F4N5/c12-7-2-1-5(3-6(7)11(13,14)15)18-9-4-8(16)19-10(17)20-9/h1-4H,(H5,16,17,18,19,20). The molecule has 9 heteroatoms. The van der Waals surface area contributed by atoms with Crippen LogP contribution in [0.15, 0.2) is 24.3 Å². The molecule has 2 aromatic rings. The zero-order valence-electron chi connectivity index (χ0n) is 9.87. The molecule has 1 aromatic heterocycles. The van der Waals surface area contributed by atoms with E-state index in [1.165, 1.54) is 6.07 Å². The second kappa shape index (κ2) is 4.83. The molecule has 106 valence electrons. The molecule has 0 amide bonds. The van der Waals surface area contributed by atoms with E-state index in [1.807, 2.05) is 0 Å². The minimum Gasteiger partial charge on any atom is -0.383 e. The molecule has 0 spiro atoms. The molecule has 0 radical (unpaired) electrons. The van der Waals surface area contributed by atoms with E-state index < -0.39 is 17.6 Å². The van der Waals surface area contributed by atoms with Crippen LogP contribution in [0.4, 0.5) is 40.8 Å². The first-order valence-electron chi connectivity index (χ1n) is 5.29. The molecule has 20 heavy (non-hydrogen) atoms. The zero-order valence-corrected chi connectivity index (χ0v) is 9.87. The summed E-state index contributed by atoms with van der Waals surface area (Å²) < 4.78 is 50.8. The van der Waals surface area contributed by atoms with E-state index in [-0.39, 0.29) is 23.3 Å². The number of benzene rings is 1. The molecular formula is C11H9F4N5. The van der Waals surface area contributed by atoms with Gasteiger partial charge in [0.1, 0.15) is 17.5 Å². The molecule has 1 aromatic carbocycles. The van der Waals surface area contributed by atoms with Gasteiger partial charge in [-0.05, 0) is 18.2 Å². The van der Waals surface area contributed by atoms with E-state index in [2.05, 4.69) is 15.3 Å². The molecule has 5 nitrogen and oxygen atoms in total. The minimum atomic E-state index is -4.79. The Hall–Kier alpha value is -2.58. The Balaban J connectivity index is 2.35. The smallest absolute Gasteiger partial charge is 0.383 e. The second-order valence-corrected chi connectivity index (χ2v) is 3.85. The van der Waals surface area contributed by atoms with Crippen molar-refractivity contribution in [1.82, 2.24) is 9.97 Å². The van der Waals surface area contributed by atoms with Gasteiger partial charge in [0.15, 0.2) is 0 Å². The lowest BCUT2D eigenvalue weighted by Gasteiger charge is -2.11. The zero-order chi connectivity index (χ0) is 14.9. The summed E-state index contributed by atoms with van der Waals surface area (Å²) in [5, 5.41) is 2.55. The lowest BCUT2D eigenvalue weighted by atomic mass is 10.2. The molecule has 0 unspecified atom stereocenters. The van der Waals surface area contributed by atoms with E-state index >= 15 is 0 Å². The number of aromatic nitrogens is 2. The topological polar surface area (TPSA) is 89.8 Å². The summed E-state index contributed by atoms with van der Waals surface area (Å²) in [7, 11) is 0. The third kappa shape index (κ3) is 3.05. The molecule has 0 aliphatic carbocycles. The SMILES string of the molecule is Nc1cc(Nc2ccc(F)c(C(F)(F)F)c2)nc(N)n1. The van der Waals surface area contributed by atoms with Gasteiger partial charge in [0.2, 0.25) is 5.95 Å². The maximum absolute atomic E-state index is 13.1. The first kappa shape index (κ1) is 13.8. The van der Waals surface area contributed by atoms with Crippen molar-refractivity contribution in [2.75, 3.05) is 16.8 Å². The second-order valence-electron chi connectivity index (χ2n) is 3.85. The lowest BCUT2D eigenvalue weighted by Crippen LogP contribution is -2.09. The maximum atomic E-state index is 13.1. The summed E-state index contributed by atoms with van der Waals surface area (Å²) in [6, 6.07) is 3.76. The van der Waals surface area contributed by atoms with Crippen LogP contribution in [-0.2, 0) is 6.18 Å². The van der Waals surface area contributed by atoms with Gasteiger partial charge in [0.05, 0.1) is 5.56 Å². The number of halogens is 4. The normalized spacial score (nSPS) is 11.4. The Labute approximate surface area is 110 Å². The van der Waals surface area contributed by atoms with Gasteiger partial charge in [-0.1, -0.05) is 0 Å². The number of hydrogen-bond donors (Lipinski definition) is 3. The third-order valence-corrected chi connectivity index (χ3v) is 2.31. The quantitative estimate of drug-likeness (QED) is 0.738. The summed E-state index contributed by atoms with van der Waals surface area (Å²) in [6.45, 7) is 0. The van der Waals surface area contributed by atoms with Gasteiger partial charge in [0, 0.05) is 11.8 Å². The van der Waals surface area contributed by atoms with Crippen LogP contribution >= 0.6 is 0 Å². The summed E-state index contributed by atoms with van der Waals surface area (Å²) in [6.07, 6.45) is -4.79. The van der Waals surface area contributed by atoms with E-state index in [0.717, 1.165) is 6.07 Å². The Bertz CT molecular complexity index is 621. The Kier molecular flexibility index (Phi) is 3.35. The van der Waals surface area contributed by atoms with Crippen LogP contribution in [0, 0.1) is 5.82 Å². The average molecular weight is 287 g/mol. The fraction of sp³-hybridized carbons (Fsp3) is 0.0909. The molecule has 0 bridgehead atoms. The largest absolute Gasteiger partial charge is 0.419 e. The van der Waals surface area contributed by atoms with Crippen molar-refractivity contribution < 1.29 is 17.6 Å². The van der Waals surface area contributed by atoms with Gasteiger partial charge in [0.25, 0.3) is 0 Å². The highest BCUT2D eigenvalue weighted by molar-refractivity contribution is 5.60. The summed E-state index contributed by atoms with van der Waals surface area (Å²) >= 11 is 0. The highest BCUT2D eigenvalue weighted by atomic mass is 19.4. The van der Waals surface area contributed by atoms with E-state index in [9.17, 15) is 17.6 Å². The van der Waals surface area contributed by atoms with Gasteiger partial charge in [-0.3, -0.25) is 0 Å². The van der Waals surface area contributed by atoms with Gasteiger partial charge in [-0.25, -0.2) is 4.39 Å². The summed E-state index contributed by atoms with van der Waals surface area (Å²) in [4.78, 5) is 7.36. The van der Waals surface area contributed by atoms with Crippen LogP contribution in [-0.4, -0.2) is 9.97 Å². The maximum Gasteiger partial charge on any atom is 0.419 e. The van der Waals surface area contributed by atoms with Crippen LogP contribution in [0.2, 0.25) is 0 Å². The number of rotatable bonds is 2. The van der Waals surface area contributed by atoms with Gasteiger partial charge in [-0.15, -0.1) is 0 Å². The number of alkyl halides is 3. The third-order valence-electron chi connectivity index (χ3n) is 2.31. The molecular weight excluding hydrogens is 278 g/mol. The van der Waals surface area contributed by atoms with E-state index in [0.29, 0.717) is 12.1 Å². The molecule has 0 saturated heterocycles. The highest BCUT2D eigenvalue weighted by Gasteiger charge is 2.34. The van der Waals surface area contributed by atoms with Crippen LogP contribution in [0.1, 0.15) is 5.56 Å². The monoisotopic (exact) mass is 287 g/mol. The first-order chi connectivity index (χ1) is 9.25. The van der Waals surface area contributed by atoms with Crippen molar-refractivity contribution in [1.29, 1.82) is 0 Å². The van der Waals surface area contributed by atoms with Crippen molar-refractivity contribution in [3.8, 4) is 0 Å².